The molecular formula is C23H24N2O3. The van der Waals surface area contributed by atoms with Crippen LogP contribution in [0, 0.1) is 0 Å². The second-order valence-electron chi connectivity index (χ2n) is 6.97. The summed E-state index contributed by atoms with van der Waals surface area (Å²) in [5.74, 6) is 1.20. The van der Waals surface area contributed by atoms with Gasteiger partial charge in [-0.25, -0.2) is 0 Å². The second kappa shape index (κ2) is 7.43. The van der Waals surface area contributed by atoms with E-state index >= 15 is 0 Å². The molecule has 2 aromatic carbocycles. The molecule has 5 nitrogen and oxygen atoms in total. The van der Waals surface area contributed by atoms with Gasteiger partial charge in [-0.15, -0.1) is 0 Å². The van der Waals surface area contributed by atoms with E-state index in [1.54, 1.807) is 32.4 Å². The third-order valence-corrected chi connectivity index (χ3v) is 5.37. The van der Waals surface area contributed by atoms with Gasteiger partial charge in [-0.3, -0.25) is 4.79 Å². The van der Waals surface area contributed by atoms with Crippen LogP contribution in [-0.4, -0.2) is 42.7 Å². The van der Waals surface area contributed by atoms with Gasteiger partial charge in [0.1, 0.15) is 0 Å². The molecule has 0 N–H and O–H groups in total. The molecule has 1 aliphatic heterocycles. The van der Waals surface area contributed by atoms with E-state index < -0.39 is 0 Å². The summed E-state index contributed by atoms with van der Waals surface area (Å²) in [6.45, 7) is 1.30. The van der Waals surface area contributed by atoms with Crippen LogP contribution in [0.1, 0.15) is 22.3 Å². The normalized spacial score (nSPS) is 14.1. The van der Waals surface area contributed by atoms with E-state index in [0.717, 1.165) is 6.42 Å². The van der Waals surface area contributed by atoms with E-state index in [0.29, 0.717) is 30.2 Å². The van der Waals surface area contributed by atoms with Gasteiger partial charge in [0, 0.05) is 48.4 Å². The Bertz CT molecular complexity index is 1060. The maximum atomic E-state index is 12.9. The molecule has 1 amide bonds. The Labute approximate surface area is 164 Å². The fourth-order valence-corrected chi connectivity index (χ4v) is 3.85. The minimum Gasteiger partial charge on any atom is -0.493 e. The van der Waals surface area contributed by atoms with Gasteiger partial charge >= 0.3 is 0 Å². The van der Waals surface area contributed by atoms with Gasteiger partial charge in [-0.2, -0.15) is 0 Å². The highest BCUT2D eigenvalue weighted by Gasteiger charge is 2.22. The van der Waals surface area contributed by atoms with E-state index in [-0.39, 0.29) is 5.91 Å². The fourth-order valence-electron chi connectivity index (χ4n) is 3.85. The van der Waals surface area contributed by atoms with Gasteiger partial charge in [0.05, 0.1) is 14.2 Å². The summed E-state index contributed by atoms with van der Waals surface area (Å²) in [6, 6.07) is 13.7. The zero-order chi connectivity index (χ0) is 19.7. The summed E-state index contributed by atoms with van der Waals surface area (Å²) in [4.78, 5) is 14.8. The third kappa shape index (κ3) is 3.13. The number of carbonyl (C=O) groups is 1. The summed E-state index contributed by atoms with van der Waals surface area (Å²) >= 11 is 0. The number of nitrogens with zero attached hydrogens (tertiary/aromatic N) is 2. The van der Waals surface area contributed by atoms with E-state index in [9.17, 15) is 4.79 Å². The number of hydrogen-bond donors (Lipinski definition) is 0. The van der Waals surface area contributed by atoms with Gasteiger partial charge in [0.15, 0.2) is 11.5 Å². The van der Waals surface area contributed by atoms with Crippen LogP contribution >= 0.6 is 0 Å². The first-order valence-corrected chi connectivity index (χ1v) is 9.37. The summed E-state index contributed by atoms with van der Waals surface area (Å²) in [5.41, 5.74) is 4.39. The summed E-state index contributed by atoms with van der Waals surface area (Å²) in [6.07, 6.45) is 5.19. The van der Waals surface area contributed by atoms with Crippen LogP contribution in [0.5, 0.6) is 11.5 Å². The number of ether oxygens (including phenoxy) is 2. The number of aromatic nitrogens is 1. The van der Waals surface area contributed by atoms with Crippen LogP contribution < -0.4 is 9.47 Å². The predicted octanol–water partition coefficient (Wildman–Crippen LogP) is 4.13. The van der Waals surface area contributed by atoms with Gasteiger partial charge in [-0.05, 0) is 36.3 Å². The van der Waals surface area contributed by atoms with Crippen LogP contribution in [0.2, 0.25) is 0 Å². The zero-order valence-corrected chi connectivity index (χ0v) is 16.4. The van der Waals surface area contributed by atoms with Crippen LogP contribution in [-0.2, 0) is 7.05 Å². The monoisotopic (exact) mass is 376 g/mol. The Hall–Kier alpha value is -3.21. The molecule has 4 rings (SSSR count). The zero-order valence-electron chi connectivity index (χ0n) is 16.4. The molecule has 0 saturated heterocycles. The minimum absolute atomic E-state index is 0.00849. The molecule has 0 radical (unpaired) electrons. The van der Waals surface area contributed by atoms with Crippen molar-refractivity contribution in [3.63, 3.8) is 0 Å². The molecule has 28 heavy (non-hydrogen) atoms. The largest absolute Gasteiger partial charge is 0.493 e. The summed E-state index contributed by atoms with van der Waals surface area (Å²) in [5, 5.41) is 1.26. The van der Waals surface area contributed by atoms with Gasteiger partial charge in [0.25, 0.3) is 5.91 Å². The first-order chi connectivity index (χ1) is 13.6. The van der Waals surface area contributed by atoms with Crippen molar-refractivity contribution in [2.75, 3.05) is 27.3 Å². The van der Waals surface area contributed by atoms with Crippen LogP contribution in [0.3, 0.4) is 0 Å². The Morgan fingerprint density at radius 3 is 2.54 bits per heavy atom. The quantitative estimate of drug-likeness (QED) is 0.688. The van der Waals surface area contributed by atoms with Crippen LogP contribution in [0.15, 0.2) is 54.7 Å². The Balaban J connectivity index is 1.56. The standard InChI is InChI=1S/C23H24N2O3/c1-24-15-19(18-6-4-5-7-20(18)24)16-10-12-25(13-11-16)23(26)17-8-9-21(27-2)22(14-17)28-3/h4-10,14-15H,11-13H2,1-3H3. The molecule has 0 saturated carbocycles. The molecule has 2 heterocycles. The van der Waals surface area contributed by atoms with Crippen molar-refractivity contribution in [1.82, 2.24) is 9.47 Å². The average Bonchev–Trinajstić information content (AvgIpc) is 3.09. The highest BCUT2D eigenvalue weighted by molar-refractivity contribution is 5.97. The molecule has 0 spiro atoms. The van der Waals surface area contributed by atoms with E-state index in [4.69, 9.17) is 9.47 Å². The van der Waals surface area contributed by atoms with Crippen molar-refractivity contribution in [2.45, 2.75) is 6.42 Å². The lowest BCUT2D eigenvalue weighted by Gasteiger charge is -2.27. The lowest BCUT2D eigenvalue weighted by atomic mass is 9.98. The Kier molecular flexibility index (Phi) is 4.82. The minimum atomic E-state index is 0.00849. The van der Waals surface area contributed by atoms with Crippen LogP contribution in [0.4, 0.5) is 0 Å². The number of carbonyl (C=O) groups excluding carboxylic acids is 1. The number of para-hydroxylation sites is 1. The van der Waals surface area contributed by atoms with Crippen molar-refractivity contribution in [3.05, 3.63) is 65.9 Å². The van der Waals surface area contributed by atoms with E-state index in [1.165, 1.54) is 22.0 Å². The van der Waals surface area contributed by atoms with Crippen molar-refractivity contribution < 1.29 is 14.3 Å². The molecule has 0 aliphatic carbocycles. The number of aryl methyl sites for hydroxylation is 1. The van der Waals surface area contributed by atoms with Crippen molar-refractivity contribution in [3.8, 4) is 11.5 Å². The third-order valence-electron chi connectivity index (χ3n) is 5.37. The fraction of sp³-hybridized carbons (Fsp3) is 0.261. The molecular weight excluding hydrogens is 352 g/mol. The van der Waals surface area contributed by atoms with Gasteiger partial charge < -0.3 is 18.9 Å². The Morgan fingerprint density at radius 1 is 1.04 bits per heavy atom. The molecule has 1 aliphatic rings. The molecule has 1 aromatic heterocycles. The van der Waals surface area contributed by atoms with E-state index in [1.807, 2.05) is 4.90 Å². The SMILES string of the molecule is COc1ccc(C(=O)N2CC=C(c3cn(C)c4ccccc34)CC2)cc1OC. The first kappa shape index (κ1) is 18.2. The molecule has 3 aromatic rings. The predicted molar refractivity (Wildman–Crippen MR) is 111 cm³/mol. The van der Waals surface area contributed by atoms with Crippen molar-refractivity contribution in [2.24, 2.45) is 7.05 Å². The highest BCUT2D eigenvalue weighted by atomic mass is 16.5. The number of benzene rings is 2. The lowest BCUT2D eigenvalue weighted by molar-refractivity contribution is 0.0772. The van der Waals surface area contributed by atoms with Crippen LogP contribution in [0.25, 0.3) is 16.5 Å². The highest BCUT2D eigenvalue weighted by Crippen LogP contribution is 2.32. The van der Waals surface area contributed by atoms with Crippen molar-refractivity contribution >= 4 is 22.4 Å². The van der Waals surface area contributed by atoms with Gasteiger partial charge in [0.2, 0.25) is 0 Å². The number of methoxy groups -OCH3 is 2. The lowest BCUT2D eigenvalue weighted by Crippen LogP contribution is -2.34. The maximum Gasteiger partial charge on any atom is 0.254 e. The molecule has 0 unspecified atom stereocenters. The number of rotatable bonds is 4. The molecule has 5 heteroatoms. The number of fused-ring (bicyclic) bond motifs is 1. The Morgan fingerprint density at radius 2 is 1.82 bits per heavy atom. The summed E-state index contributed by atoms with van der Waals surface area (Å²) in [7, 11) is 5.23. The number of hydrogen-bond acceptors (Lipinski definition) is 3. The maximum absolute atomic E-state index is 12.9. The second-order valence-corrected chi connectivity index (χ2v) is 6.97. The average molecular weight is 376 g/mol. The molecule has 0 atom stereocenters. The molecule has 144 valence electrons. The van der Waals surface area contributed by atoms with E-state index in [2.05, 4.69) is 48.2 Å². The summed E-state index contributed by atoms with van der Waals surface area (Å²) < 4.78 is 12.7. The van der Waals surface area contributed by atoms with Crippen molar-refractivity contribution in [1.29, 1.82) is 0 Å². The van der Waals surface area contributed by atoms with Gasteiger partial charge in [-0.1, -0.05) is 24.3 Å². The number of amides is 1. The topological polar surface area (TPSA) is 43.7 Å². The first-order valence-electron chi connectivity index (χ1n) is 9.37. The smallest absolute Gasteiger partial charge is 0.254 e. The molecule has 0 fully saturated rings. The molecule has 0 bridgehead atoms.